The number of amides is 2. The van der Waals surface area contributed by atoms with Crippen LogP contribution in [-0.4, -0.2) is 59.8 Å². The van der Waals surface area contributed by atoms with E-state index < -0.39 is 39.3 Å². The zero-order valence-electron chi connectivity index (χ0n) is 22.2. The molecule has 0 unspecified atom stereocenters. The van der Waals surface area contributed by atoms with Crippen molar-refractivity contribution in [3.05, 3.63) is 89.2 Å². The van der Waals surface area contributed by atoms with Crippen LogP contribution >= 0.6 is 0 Å². The number of nitrogens with one attached hydrogen (secondary N) is 1. The molecule has 2 heterocycles. The van der Waals surface area contributed by atoms with Crippen LogP contribution in [0.15, 0.2) is 67.0 Å². The predicted molar refractivity (Wildman–Crippen MR) is 143 cm³/mol. The number of carbonyl (C=O) groups is 2. The molecule has 2 amide bonds. The summed E-state index contributed by atoms with van der Waals surface area (Å²) in [5, 5.41) is 2.18. The topological polar surface area (TPSA) is 97.7 Å². The molecule has 40 heavy (non-hydrogen) atoms. The Morgan fingerprint density at radius 1 is 1.00 bits per heavy atom. The van der Waals surface area contributed by atoms with Crippen LogP contribution in [0.2, 0.25) is 0 Å². The van der Waals surface area contributed by atoms with Gasteiger partial charge in [-0.1, -0.05) is 42.5 Å². The number of alkyl halides is 3. The van der Waals surface area contributed by atoms with Gasteiger partial charge in [0.15, 0.2) is 0 Å². The number of nitrogens with zero attached hydrogens (tertiary/aromatic N) is 2. The molecule has 1 aliphatic rings. The van der Waals surface area contributed by atoms with Crippen LogP contribution in [-0.2, 0) is 10.0 Å². The van der Waals surface area contributed by atoms with Gasteiger partial charge in [-0.25, -0.2) is 8.42 Å². The minimum absolute atomic E-state index is 0.204. The average Bonchev–Trinajstić information content (AvgIpc) is 3.30. The van der Waals surface area contributed by atoms with E-state index in [9.17, 15) is 31.2 Å². The van der Waals surface area contributed by atoms with E-state index in [0.717, 1.165) is 15.6 Å². The minimum atomic E-state index is -4.96. The number of likely N-dealkylation sites (tertiary alicyclic amines) is 1. The van der Waals surface area contributed by atoms with E-state index in [-0.39, 0.29) is 36.0 Å². The smallest absolute Gasteiger partial charge is 0.405 e. The quantitative estimate of drug-likeness (QED) is 0.439. The number of aromatic nitrogens is 1. The fourth-order valence-corrected chi connectivity index (χ4v) is 5.82. The Labute approximate surface area is 230 Å². The number of ether oxygens (including phenoxy) is 1. The number of hydrogen-bond donors (Lipinski definition) is 1. The Hall–Kier alpha value is -3.80. The van der Waals surface area contributed by atoms with Gasteiger partial charge in [0.25, 0.3) is 11.8 Å². The zero-order valence-corrected chi connectivity index (χ0v) is 23.0. The molecule has 1 saturated heterocycles. The predicted octanol–water partition coefficient (Wildman–Crippen LogP) is 4.71. The molecule has 0 bridgehead atoms. The lowest BCUT2D eigenvalue weighted by Crippen LogP contribution is -2.51. The first-order valence-electron chi connectivity index (χ1n) is 12.7. The lowest BCUT2D eigenvalue weighted by atomic mass is 9.85. The summed E-state index contributed by atoms with van der Waals surface area (Å²) >= 11 is 0. The third kappa shape index (κ3) is 6.33. The Balaban J connectivity index is 1.58. The Morgan fingerprint density at radius 3 is 2.30 bits per heavy atom. The summed E-state index contributed by atoms with van der Waals surface area (Å²) in [6.45, 7) is 5.24. The molecule has 3 aromatic rings. The van der Waals surface area contributed by atoms with E-state index in [1.807, 2.05) is 30.3 Å². The molecule has 1 aliphatic heterocycles. The second-order valence-corrected chi connectivity index (χ2v) is 12.4. The van der Waals surface area contributed by atoms with Crippen molar-refractivity contribution in [2.45, 2.75) is 50.8 Å². The van der Waals surface area contributed by atoms with Crippen molar-refractivity contribution in [1.29, 1.82) is 0 Å². The van der Waals surface area contributed by atoms with Gasteiger partial charge in [0, 0.05) is 37.4 Å². The first-order valence-corrected chi connectivity index (χ1v) is 14.2. The number of piperidine rings is 1. The summed E-state index contributed by atoms with van der Waals surface area (Å²) < 4.78 is 69.0. The molecule has 0 spiro atoms. The number of aryl methyl sites for hydroxylation is 1. The van der Waals surface area contributed by atoms with Crippen molar-refractivity contribution in [1.82, 2.24) is 14.2 Å². The van der Waals surface area contributed by atoms with Gasteiger partial charge in [-0.3, -0.25) is 13.6 Å². The van der Waals surface area contributed by atoms with Crippen molar-refractivity contribution in [3.63, 3.8) is 0 Å². The number of carbonyl (C=O) groups excluding carboxylic acids is 2. The molecule has 1 fully saturated rings. The highest BCUT2D eigenvalue weighted by Crippen LogP contribution is 2.31. The van der Waals surface area contributed by atoms with Crippen molar-refractivity contribution < 1.29 is 35.9 Å². The fraction of sp³-hybridized carbons (Fsp3) is 0.357. The summed E-state index contributed by atoms with van der Waals surface area (Å²) in [7, 11) is -3.64. The first kappa shape index (κ1) is 29.2. The van der Waals surface area contributed by atoms with Crippen molar-refractivity contribution in [3.8, 4) is 5.75 Å². The Bertz CT molecular complexity index is 1490. The molecule has 2 aromatic carbocycles. The monoisotopic (exact) mass is 577 g/mol. The van der Waals surface area contributed by atoms with E-state index in [1.54, 1.807) is 25.7 Å². The van der Waals surface area contributed by atoms with Gasteiger partial charge in [0.1, 0.15) is 5.75 Å². The summed E-state index contributed by atoms with van der Waals surface area (Å²) in [6, 6.07) is 13.8. The number of para-hydroxylation sites is 1. The zero-order chi connectivity index (χ0) is 29.2. The highest BCUT2D eigenvalue weighted by Gasteiger charge is 2.36. The van der Waals surface area contributed by atoms with Gasteiger partial charge >= 0.3 is 6.36 Å². The molecule has 0 aliphatic carbocycles. The van der Waals surface area contributed by atoms with Crippen LogP contribution in [0.25, 0.3) is 0 Å². The van der Waals surface area contributed by atoms with E-state index in [0.29, 0.717) is 12.0 Å². The lowest BCUT2D eigenvalue weighted by Gasteiger charge is -2.39. The third-order valence-electron chi connectivity index (χ3n) is 6.92. The van der Waals surface area contributed by atoms with Gasteiger partial charge in [-0.15, -0.1) is 13.2 Å². The van der Waals surface area contributed by atoms with E-state index in [4.69, 9.17) is 0 Å². The molecular formula is C28H30F3N3O5S. The molecule has 2 atom stereocenters. The molecule has 4 rings (SSSR count). The van der Waals surface area contributed by atoms with Crippen LogP contribution in [0.5, 0.6) is 5.75 Å². The molecule has 0 saturated carbocycles. The molecule has 8 nitrogen and oxygen atoms in total. The van der Waals surface area contributed by atoms with Gasteiger partial charge in [0.2, 0.25) is 10.0 Å². The average molecular weight is 578 g/mol. The van der Waals surface area contributed by atoms with Crippen molar-refractivity contribution >= 4 is 21.8 Å². The molecule has 12 heteroatoms. The number of benzene rings is 2. The number of hydrogen-bond acceptors (Lipinski definition) is 5. The Kier molecular flexibility index (Phi) is 8.29. The summed E-state index contributed by atoms with van der Waals surface area (Å²) in [4.78, 5) is 28.3. The normalized spacial score (nSPS) is 18.0. The van der Waals surface area contributed by atoms with E-state index >= 15 is 0 Å². The molecule has 0 radical (unpaired) electrons. The SMILES string of the molecule is Cc1cn(S(=O)(=O)C(C)C)cc1C(=O)N1CC[C@@H](NC(=O)c2ccccc2OC(F)(F)F)[C@@H](c2ccccc2)C1. The second kappa shape index (κ2) is 11.4. The minimum Gasteiger partial charge on any atom is -0.405 e. The second-order valence-electron chi connectivity index (χ2n) is 9.96. The third-order valence-corrected chi connectivity index (χ3v) is 8.91. The largest absolute Gasteiger partial charge is 0.573 e. The van der Waals surface area contributed by atoms with E-state index in [2.05, 4.69) is 10.1 Å². The fourth-order valence-electron chi connectivity index (χ4n) is 4.77. The maximum atomic E-state index is 13.5. The van der Waals surface area contributed by atoms with Crippen molar-refractivity contribution in [2.24, 2.45) is 0 Å². The molecule has 1 N–H and O–H groups in total. The number of rotatable bonds is 7. The highest BCUT2D eigenvalue weighted by atomic mass is 32.2. The van der Waals surface area contributed by atoms with Crippen LogP contribution < -0.4 is 10.1 Å². The van der Waals surface area contributed by atoms with Crippen LogP contribution in [0.1, 0.15) is 58.0 Å². The molecule has 214 valence electrons. The van der Waals surface area contributed by atoms with E-state index in [1.165, 1.54) is 30.6 Å². The number of halogens is 3. The van der Waals surface area contributed by atoms with Gasteiger partial charge < -0.3 is 15.0 Å². The van der Waals surface area contributed by atoms with Crippen molar-refractivity contribution in [2.75, 3.05) is 13.1 Å². The maximum Gasteiger partial charge on any atom is 0.573 e. The van der Waals surface area contributed by atoms with Gasteiger partial charge in [-0.05, 0) is 50.5 Å². The van der Waals surface area contributed by atoms with Crippen LogP contribution in [0, 0.1) is 6.92 Å². The summed E-state index contributed by atoms with van der Waals surface area (Å²) in [6.07, 6.45) is -1.88. The molecular weight excluding hydrogens is 547 g/mol. The van der Waals surface area contributed by atoms with Gasteiger partial charge in [-0.2, -0.15) is 0 Å². The maximum absolute atomic E-state index is 13.5. The lowest BCUT2D eigenvalue weighted by molar-refractivity contribution is -0.274. The van der Waals surface area contributed by atoms with Crippen LogP contribution in [0.4, 0.5) is 13.2 Å². The van der Waals surface area contributed by atoms with Crippen LogP contribution in [0.3, 0.4) is 0 Å². The first-order chi connectivity index (χ1) is 18.8. The molecule has 1 aromatic heterocycles. The van der Waals surface area contributed by atoms with Gasteiger partial charge in [0.05, 0.1) is 16.4 Å². The summed E-state index contributed by atoms with van der Waals surface area (Å²) in [5.74, 6) is -2.05. The Morgan fingerprint density at radius 2 is 1.65 bits per heavy atom. The standard InChI is InChI=1S/C28H30F3N3O5S/c1-18(2)40(37,38)34-15-19(3)22(17-34)27(36)33-14-13-24(23(16-33)20-9-5-4-6-10-20)32-26(35)21-11-7-8-12-25(21)39-28(29,30)31/h4-12,15,17-18,23-24H,13-14,16H2,1-3H3,(H,32,35)/t23-,24-/m1/s1. The summed E-state index contributed by atoms with van der Waals surface area (Å²) in [5.41, 5.74) is 1.36. The highest BCUT2D eigenvalue weighted by molar-refractivity contribution is 7.90.